The lowest BCUT2D eigenvalue weighted by Gasteiger charge is -2.22. The number of methoxy groups -OCH3 is 1. The molecule has 1 unspecified atom stereocenters. The summed E-state index contributed by atoms with van der Waals surface area (Å²) in [6.45, 7) is 0. The van der Waals surface area contributed by atoms with Gasteiger partial charge in [-0.3, -0.25) is 0 Å². The third-order valence-electron chi connectivity index (χ3n) is 1.11. The van der Waals surface area contributed by atoms with Crippen LogP contribution in [0.15, 0.2) is 11.1 Å². The summed E-state index contributed by atoms with van der Waals surface area (Å²) >= 11 is 0. The van der Waals surface area contributed by atoms with Gasteiger partial charge in [0.2, 0.25) is 6.35 Å². The maximum Gasteiger partial charge on any atom is 0.227 e. The number of allylic oxidation sites excluding steroid dienone is 1. The second-order valence-electron chi connectivity index (χ2n) is 1.77. The van der Waals surface area contributed by atoms with E-state index in [1.165, 1.54) is 0 Å². The molecule has 1 heterocycles. The summed E-state index contributed by atoms with van der Waals surface area (Å²) in [4.78, 5) is 5.75. The van der Waals surface area contributed by atoms with Crippen molar-refractivity contribution < 1.29 is 4.74 Å². The molecule has 0 aromatic carbocycles. The van der Waals surface area contributed by atoms with Crippen LogP contribution in [0.5, 0.6) is 0 Å². The fourth-order valence-electron chi connectivity index (χ4n) is 0.650. The van der Waals surface area contributed by atoms with Gasteiger partial charge in [0.25, 0.3) is 0 Å². The average molecular weight is 125 g/mol. The van der Waals surface area contributed by atoms with E-state index in [1.54, 1.807) is 24.3 Å². The topological polar surface area (TPSA) is 24.8 Å². The number of rotatable bonds is 1. The van der Waals surface area contributed by atoms with Gasteiger partial charge in [0.1, 0.15) is 0 Å². The van der Waals surface area contributed by atoms with Crippen molar-refractivity contribution in [3.05, 3.63) is 12.3 Å². The van der Waals surface area contributed by atoms with Gasteiger partial charge in [-0.1, -0.05) is 0 Å². The van der Waals surface area contributed by atoms with Crippen molar-refractivity contribution in [2.24, 2.45) is 4.99 Å². The molecule has 0 aliphatic carbocycles. The van der Waals surface area contributed by atoms with E-state index in [1.807, 2.05) is 7.05 Å². The van der Waals surface area contributed by atoms with Crippen molar-refractivity contribution >= 4 is 6.21 Å². The predicted molar refractivity (Wildman–Crippen MR) is 34.9 cm³/mol. The van der Waals surface area contributed by atoms with Gasteiger partial charge in [0.05, 0.1) is 6.20 Å². The molecule has 0 bridgehead atoms. The molecule has 1 atom stereocenters. The first-order valence-corrected chi connectivity index (χ1v) is 2.71. The molecule has 0 saturated heterocycles. The molecular weight excluding hydrogens is 116 g/mol. The Morgan fingerprint density at radius 3 is 3.00 bits per heavy atom. The standard InChI is InChI=1S/C6H9N2O/c1-8-5-3-4-7-6(8)9-2/h3-4,6H,1-2H3. The van der Waals surface area contributed by atoms with Crippen LogP contribution >= 0.6 is 0 Å². The van der Waals surface area contributed by atoms with Crippen molar-refractivity contribution in [1.82, 2.24) is 4.90 Å². The summed E-state index contributed by atoms with van der Waals surface area (Å²) in [6, 6.07) is 0. The van der Waals surface area contributed by atoms with Crippen molar-refractivity contribution in [2.45, 2.75) is 6.35 Å². The van der Waals surface area contributed by atoms with Crippen molar-refractivity contribution in [3.8, 4) is 0 Å². The lowest BCUT2D eigenvalue weighted by molar-refractivity contribution is 0.0100. The van der Waals surface area contributed by atoms with E-state index in [0.29, 0.717) is 0 Å². The summed E-state index contributed by atoms with van der Waals surface area (Å²) in [6.07, 6.45) is 6.15. The van der Waals surface area contributed by atoms with E-state index in [4.69, 9.17) is 4.74 Å². The molecule has 49 valence electrons. The lowest BCUT2D eigenvalue weighted by Crippen LogP contribution is -2.29. The van der Waals surface area contributed by atoms with Gasteiger partial charge in [0, 0.05) is 20.4 Å². The number of aliphatic imine (C=N–C) groups is 1. The van der Waals surface area contributed by atoms with Crippen LogP contribution in [0.3, 0.4) is 0 Å². The average Bonchev–Trinajstić information content (AvgIpc) is 1.89. The quantitative estimate of drug-likeness (QED) is 0.501. The molecule has 9 heavy (non-hydrogen) atoms. The molecule has 1 aliphatic rings. The number of ether oxygens (including phenoxy) is 1. The van der Waals surface area contributed by atoms with Gasteiger partial charge in [-0.05, 0) is 6.08 Å². The highest BCUT2D eigenvalue weighted by Crippen LogP contribution is 2.01. The Balaban J connectivity index is 2.55. The first-order valence-electron chi connectivity index (χ1n) is 2.71. The Labute approximate surface area is 54.6 Å². The van der Waals surface area contributed by atoms with Crippen molar-refractivity contribution in [3.63, 3.8) is 0 Å². The molecule has 0 fully saturated rings. The molecule has 0 amide bonds. The minimum Gasteiger partial charge on any atom is -0.342 e. The van der Waals surface area contributed by atoms with Crippen LogP contribution in [0.4, 0.5) is 0 Å². The molecule has 0 N–H and O–H groups in total. The second kappa shape index (κ2) is 2.64. The van der Waals surface area contributed by atoms with E-state index in [2.05, 4.69) is 11.2 Å². The summed E-state index contributed by atoms with van der Waals surface area (Å²) in [5, 5.41) is 0. The van der Waals surface area contributed by atoms with Gasteiger partial charge in [0.15, 0.2) is 0 Å². The van der Waals surface area contributed by atoms with Crippen LogP contribution in [0.2, 0.25) is 0 Å². The second-order valence-corrected chi connectivity index (χ2v) is 1.77. The number of hydrogen-bond donors (Lipinski definition) is 0. The first-order chi connectivity index (χ1) is 4.34. The Bertz CT molecular complexity index is 142. The van der Waals surface area contributed by atoms with Crippen molar-refractivity contribution in [1.29, 1.82) is 0 Å². The molecular formula is C6H9N2O. The molecule has 0 spiro atoms. The number of nitrogens with zero attached hydrogens (tertiary/aromatic N) is 2. The SMILES string of the molecule is COC1N=CC=[C]N1C. The molecule has 1 radical (unpaired) electrons. The third-order valence-corrected chi connectivity index (χ3v) is 1.11. The molecule has 1 aliphatic heterocycles. The summed E-state index contributed by atoms with van der Waals surface area (Å²) in [5.74, 6) is 0. The van der Waals surface area contributed by atoms with Crippen LogP contribution in [0, 0.1) is 6.20 Å². The molecule has 3 heteroatoms. The molecule has 0 aromatic heterocycles. The first kappa shape index (κ1) is 6.29. The largest absolute Gasteiger partial charge is 0.342 e. The molecule has 1 rings (SSSR count). The predicted octanol–water partition coefficient (Wildman–Crippen LogP) is 0.249. The van der Waals surface area contributed by atoms with E-state index >= 15 is 0 Å². The van der Waals surface area contributed by atoms with Crippen molar-refractivity contribution in [2.75, 3.05) is 14.2 Å². The highest BCUT2D eigenvalue weighted by atomic mass is 16.5. The van der Waals surface area contributed by atoms with E-state index in [-0.39, 0.29) is 6.35 Å². The lowest BCUT2D eigenvalue weighted by atomic mass is 10.5. The highest BCUT2D eigenvalue weighted by molar-refractivity contribution is 5.70. The molecule has 3 nitrogen and oxygen atoms in total. The smallest absolute Gasteiger partial charge is 0.227 e. The zero-order chi connectivity index (χ0) is 6.69. The fraction of sp³-hybridized carbons (Fsp3) is 0.500. The number of hydrogen-bond acceptors (Lipinski definition) is 3. The summed E-state index contributed by atoms with van der Waals surface area (Å²) < 4.78 is 4.95. The minimum atomic E-state index is -0.185. The summed E-state index contributed by atoms with van der Waals surface area (Å²) in [5.41, 5.74) is 0. The Hall–Kier alpha value is -0.830. The van der Waals surface area contributed by atoms with Crippen LogP contribution in [0.1, 0.15) is 0 Å². The highest BCUT2D eigenvalue weighted by Gasteiger charge is 2.08. The molecule has 0 aromatic rings. The van der Waals surface area contributed by atoms with E-state index in [0.717, 1.165) is 0 Å². The van der Waals surface area contributed by atoms with Gasteiger partial charge in [-0.25, -0.2) is 4.99 Å². The van der Waals surface area contributed by atoms with Gasteiger partial charge >= 0.3 is 0 Å². The zero-order valence-corrected chi connectivity index (χ0v) is 5.53. The van der Waals surface area contributed by atoms with Gasteiger partial charge in [-0.15, -0.1) is 0 Å². The monoisotopic (exact) mass is 125 g/mol. The summed E-state index contributed by atoms with van der Waals surface area (Å²) in [7, 11) is 3.48. The van der Waals surface area contributed by atoms with E-state index in [9.17, 15) is 0 Å². The fourth-order valence-corrected chi connectivity index (χ4v) is 0.650. The van der Waals surface area contributed by atoms with E-state index < -0.39 is 0 Å². The zero-order valence-electron chi connectivity index (χ0n) is 5.53. The maximum atomic E-state index is 4.95. The normalized spacial score (nSPS) is 25.1. The van der Waals surface area contributed by atoms with Gasteiger partial charge < -0.3 is 9.64 Å². The Morgan fingerprint density at radius 2 is 2.56 bits per heavy atom. The maximum absolute atomic E-state index is 4.95. The van der Waals surface area contributed by atoms with Crippen LogP contribution in [-0.4, -0.2) is 31.6 Å². The van der Waals surface area contributed by atoms with Crippen LogP contribution in [-0.2, 0) is 4.74 Å². The Kier molecular flexibility index (Phi) is 1.85. The van der Waals surface area contributed by atoms with Gasteiger partial charge in [-0.2, -0.15) is 0 Å². The molecule has 0 saturated carbocycles. The third kappa shape index (κ3) is 1.29. The van der Waals surface area contributed by atoms with Crippen LogP contribution in [0.25, 0.3) is 0 Å². The minimum absolute atomic E-state index is 0.185. The Morgan fingerprint density at radius 1 is 1.78 bits per heavy atom. The van der Waals surface area contributed by atoms with Crippen LogP contribution < -0.4 is 0 Å².